The number of hydrogen-bond donors (Lipinski definition) is 0. The molecule has 0 aliphatic heterocycles. The first-order valence-electron chi connectivity index (χ1n) is 14.9. The van der Waals surface area contributed by atoms with E-state index in [-0.39, 0.29) is 0 Å². The average Bonchev–Trinajstić information content (AvgIpc) is 3.09. The zero-order valence-corrected chi connectivity index (χ0v) is 24.8. The van der Waals surface area contributed by atoms with Crippen LogP contribution >= 0.6 is 0 Å². The molecule has 0 saturated heterocycles. The summed E-state index contributed by atoms with van der Waals surface area (Å²) in [5, 5.41) is 0. The van der Waals surface area contributed by atoms with E-state index >= 15 is 0 Å². The molecule has 0 aliphatic carbocycles. The Kier molecular flexibility index (Phi) is 7.35. The number of aryl methyl sites for hydroxylation is 2. The second-order valence-corrected chi connectivity index (χ2v) is 11.1. The Morgan fingerprint density at radius 2 is 0.477 bits per heavy atom. The van der Waals surface area contributed by atoms with Gasteiger partial charge in [-0.15, -0.1) is 0 Å². The summed E-state index contributed by atoms with van der Waals surface area (Å²) in [6.45, 7) is 4.21. The maximum absolute atomic E-state index is 4.97. The van der Waals surface area contributed by atoms with Gasteiger partial charge in [0.1, 0.15) is 0 Å². The Morgan fingerprint density at radius 1 is 0.250 bits per heavy atom. The molecule has 0 spiro atoms. The molecular weight excluding hydrogens is 534 g/mol. The number of benzene rings is 6. The number of hydrogen-bond acceptors (Lipinski definition) is 3. The van der Waals surface area contributed by atoms with Crippen LogP contribution in [0.2, 0.25) is 0 Å². The Balaban J connectivity index is 1.27. The van der Waals surface area contributed by atoms with Crippen molar-refractivity contribution in [2.75, 3.05) is 0 Å². The molecule has 1 heterocycles. The van der Waals surface area contributed by atoms with Gasteiger partial charge in [-0.3, -0.25) is 0 Å². The molecule has 0 saturated carbocycles. The van der Waals surface area contributed by atoms with Crippen LogP contribution in [0.1, 0.15) is 11.1 Å². The average molecular weight is 566 g/mol. The maximum Gasteiger partial charge on any atom is 0.164 e. The van der Waals surface area contributed by atoms with Crippen LogP contribution in [0.3, 0.4) is 0 Å². The van der Waals surface area contributed by atoms with E-state index in [1.807, 2.05) is 6.07 Å². The van der Waals surface area contributed by atoms with E-state index in [0.29, 0.717) is 17.5 Å². The van der Waals surface area contributed by atoms with Gasteiger partial charge in [0.2, 0.25) is 0 Å². The molecule has 44 heavy (non-hydrogen) atoms. The van der Waals surface area contributed by atoms with Gasteiger partial charge >= 0.3 is 0 Å². The van der Waals surface area contributed by atoms with Crippen LogP contribution in [-0.4, -0.2) is 15.0 Å². The first-order chi connectivity index (χ1) is 21.6. The fourth-order valence-corrected chi connectivity index (χ4v) is 5.32. The van der Waals surface area contributed by atoms with E-state index in [1.165, 1.54) is 27.8 Å². The normalized spacial score (nSPS) is 11.0. The summed E-state index contributed by atoms with van der Waals surface area (Å²) in [4.78, 5) is 14.9. The van der Waals surface area contributed by atoms with Gasteiger partial charge in [-0.1, -0.05) is 163 Å². The minimum atomic E-state index is 0.648. The van der Waals surface area contributed by atoms with Crippen LogP contribution < -0.4 is 0 Å². The van der Waals surface area contributed by atoms with Crippen molar-refractivity contribution in [2.24, 2.45) is 0 Å². The summed E-state index contributed by atoms with van der Waals surface area (Å²) < 4.78 is 0. The van der Waals surface area contributed by atoms with E-state index in [9.17, 15) is 0 Å². The monoisotopic (exact) mass is 565 g/mol. The van der Waals surface area contributed by atoms with E-state index in [0.717, 1.165) is 33.4 Å². The van der Waals surface area contributed by atoms with Gasteiger partial charge in [0.25, 0.3) is 0 Å². The molecule has 0 unspecified atom stereocenters. The Morgan fingerprint density at radius 3 is 0.773 bits per heavy atom. The van der Waals surface area contributed by atoms with Crippen LogP contribution in [0.4, 0.5) is 0 Å². The van der Waals surface area contributed by atoms with Gasteiger partial charge in [0, 0.05) is 16.7 Å². The lowest BCUT2D eigenvalue weighted by atomic mass is 10.0. The highest BCUT2D eigenvalue weighted by Crippen LogP contribution is 2.30. The van der Waals surface area contributed by atoms with Gasteiger partial charge in [-0.25, -0.2) is 15.0 Å². The van der Waals surface area contributed by atoms with E-state index < -0.39 is 0 Å². The van der Waals surface area contributed by atoms with Crippen molar-refractivity contribution in [3.05, 3.63) is 163 Å². The first kappa shape index (κ1) is 27.2. The smallest absolute Gasteiger partial charge is 0.164 e. The second kappa shape index (κ2) is 11.9. The molecule has 0 radical (unpaired) electrons. The lowest BCUT2D eigenvalue weighted by Crippen LogP contribution is -2.00. The summed E-state index contributed by atoms with van der Waals surface area (Å²) in [7, 11) is 0. The van der Waals surface area contributed by atoms with Crippen molar-refractivity contribution in [1.82, 2.24) is 15.0 Å². The molecule has 0 N–H and O–H groups in total. The van der Waals surface area contributed by atoms with Crippen molar-refractivity contribution < 1.29 is 0 Å². The highest BCUT2D eigenvalue weighted by Gasteiger charge is 2.13. The molecule has 0 fully saturated rings. The third-order valence-electron chi connectivity index (χ3n) is 7.94. The lowest BCUT2D eigenvalue weighted by Gasteiger charge is -2.10. The van der Waals surface area contributed by atoms with Crippen LogP contribution in [0.15, 0.2) is 152 Å². The molecular formula is C41H31N3. The fraction of sp³-hybridized carbons (Fsp3) is 0.0488. The molecule has 3 nitrogen and oxygen atoms in total. The molecule has 0 bridgehead atoms. The predicted octanol–water partition coefficient (Wildman–Crippen LogP) is 10.5. The van der Waals surface area contributed by atoms with Crippen LogP contribution in [0.25, 0.3) is 67.5 Å². The quantitative estimate of drug-likeness (QED) is 0.201. The van der Waals surface area contributed by atoms with Crippen molar-refractivity contribution in [1.29, 1.82) is 0 Å². The third-order valence-corrected chi connectivity index (χ3v) is 7.94. The summed E-state index contributed by atoms with van der Waals surface area (Å²) in [6.07, 6.45) is 0. The van der Waals surface area contributed by atoms with E-state index in [2.05, 4.69) is 159 Å². The summed E-state index contributed by atoms with van der Waals surface area (Å²) in [5.41, 5.74) is 12.4. The van der Waals surface area contributed by atoms with E-state index in [1.54, 1.807) is 0 Å². The van der Waals surface area contributed by atoms with Crippen molar-refractivity contribution >= 4 is 0 Å². The number of nitrogens with zero attached hydrogens (tertiary/aromatic N) is 3. The molecule has 0 atom stereocenters. The van der Waals surface area contributed by atoms with Crippen LogP contribution in [-0.2, 0) is 0 Å². The van der Waals surface area contributed by atoms with Gasteiger partial charge < -0.3 is 0 Å². The fourth-order valence-electron chi connectivity index (χ4n) is 5.32. The van der Waals surface area contributed by atoms with Crippen LogP contribution in [0.5, 0.6) is 0 Å². The highest BCUT2D eigenvalue weighted by atomic mass is 15.0. The SMILES string of the molecule is Cc1ccc(-c2ccc(-c3nc(-c4ccc(-c5ccccc5)cc4)nc(-c4ccc(-c5ccc(C)cc5)cc4)n3)cc2)cc1. The summed E-state index contributed by atoms with van der Waals surface area (Å²) >= 11 is 0. The van der Waals surface area contributed by atoms with Crippen molar-refractivity contribution in [3.8, 4) is 67.5 Å². The molecule has 7 rings (SSSR count). The first-order valence-corrected chi connectivity index (χ1v) is 14.9. The van der Waals surface area contributed by atoms with Gasteiger partial charge in [0.15, 0.2) is 17.5 Å². The summed E-state index contributed by atoms with van der Waals surface area (Å²) in [5.74, 6) is 1.94. The molecule has 7 aromatic rings. The zero-order valence-electron chi connectivity index (χ0n) is 24.8. The van der Waals surface area contributed by atoms with Crippen molar-refractivity contribution in [3.63, 3.8) is 0 Å². The van der Waals surface area contributed by atoms with Crippen LogP contribution in [0, 0.1) is 13.8 Å². The molecule has 0 aliphatic rings. The minimum Gasteiger partial charge on any atom is -0.208 e. The van der Waals surface area contributed by atoms with Gasteiger partial charge in [-0.2, -0.15) is 0 Å². The Hall–Kier alpha value is -5.67. The highest BCUT2D eigenvalue weighted by molar-refractivity contribution is 5.73. The largest absolute Gasteiger partial charge is 0.208 e. The Bertz CT molecular complexity index is 1900. The standard InChI is InChI=1S/C41H31N3/c1-28-8-12-31(13-9-28)34-18-24-37(25-19-34)40-42-39(36-22-16-33(17-23-36)30-6-4-3-5-7-30)43-41(44-40)38-26-20-35(21-27-38)32-14-10-29(2)11-15-32/h3-27H,1-2H3. The minimum absolute atomic E-state index is 0.648. The van der Waals surface area contributed by atoms with Crippen molar-refractivity contribution in [2.45, 2.75) is 13.8 Å². The molecule has 1 aromatic heterocycles. The molecule has 3 heteroatoms. The van der Waals surface area contributed by atoms with Gasteiger partial charge in [0.05, 0.1) is 0 Å². The number of aromatic nitrogens is 3. The number of rotatable bonds is 6. The molecule has 210 valence electrons. The molecule has 6 aromatic carbocycles. The molecule has 0 amide bonds. The second-order valence-electron chi connectivity index (χ2n) is 11.1. The summed E-state index contributed by atoms with van der Waals surface area (Å²) in [6, 6.07) is 52.9. The van der Waals surface area contributed by atoms with E-state index in [4.69, 9.17) is 15.0 Å². The topological polar surface area (TPSA) is 38.7 Å². The maximum atomic E-state index is 4.97. The Labute approximate surface area is 258 Å². The van der Waals surface area contributed by atoms with Gasteiger partial charge in [-0.05, 0) is 47.2 Å². The third kappa shape index (κ3) is 5.81. The zero-order chi connectivity index (χ0) is 29.9. The predicted molar refractivity (Wildman–Crippen MR) is 182 cm³/mol. The lowest BCUT2D eigenvalue weighted by molar-refractivity contribution is 1.07.